The molecule has 0 bridgehead atoms. The number of aryl methyl sites for hydroxylation is 2. The van der Waals surface area contributed by atoms with Crippen LogP contribution in [0.15, 0.2) is 48.5 Å². The van der Waals surface area contributed by atoms with Gasteiger partial charge in [-0.25, -0.2) is 0 Å². The molecule has 0 fully saturated rings. The van der Waals surface area contributed by atoms with Crippen LogP contribution in [-0.4, -0.2) is 27.4 Å². The van der Waals surface area contributed by atoms with Crippen molar-refractivity contribution in [1.29, 1.82) is 0 Å². The molecule has 0 aliphatic heterocycles. The van der Waals surface area contributed by atoms with Crippen LogP contribution in [0.2, 0.25) is 0 Å². The van der Waals surface area contributed by atoms with Crippen LogP contribution in [-0.2, 0) is 20.1 Å². The summed E-state index contributed by atoms with van der Waals surface area (Å²) >= 11 is 0. The zero-order valence-corrected chi connectivity index (χ0v) is 18.1. The molecule has 2 unspecified atom stereocenters. The molecule has 0 aliphatic rings. The van der Waals surface area contributed by atoms with E-state index in [2.05, 4.69) is 50.2 Å². The Labute approximate surface area is 169 Å². The fraction of sp³-hybridized carbons (Fsp3) is 0.318. The molecule has 3 nitrogen and oxygen atoms in total. The summed E-state index contributed by atoms with van der Waals surface area (Å²) in [7, 11) is 0. The Morgan fingerprint density at radius 3 is 2.19 bits per heavy atom. The normalized spacial score (nSPS) is 12.5. The van der Waals surface area contributed by atoms with Crippen LogP contribution in [0, 0.1) is 19.9 Å². The molecule has 26 heavy (non-hydrogen) atoms. The van der Waals surface area contributed by atoms with E-state index in [-0.39, 0.29) is 32.3 Å². The molecule has 0 amide bonds. The van der Waals surface area contributed by atoms with Gasteiger partial charge >= 0.3 is 0 Å². The summed E-state index contributed by atoms with van der Waals surface area (Å²) in [5.74, 6) is 0. The molecule has 0 saturated heterocycles. The minimum absolute atomic E-state index is 0. The number of benzene rings is 2. The standard InChI is InChI=1S/C17H14N.C5H12O2.Ir/c1-12-9-13(2)11-15(10-12)17-8-7-14-5-3-4-6-16(14)18-17;1-4(6)3-5(2)7;/h3-10H,1-2H3;4-7H,3H2,1-2H3;/q-1;;. The molecule has 2 aromatic carbocycles. The Hall–Kier alpha value is -1.58. The maximum atomic E-state index is 8.56. The molecule has 0 spiro atoms. The third-order valence-electron chi connectivity index (χ3n) is 3.70. The van der Waals surface area contributed by atoms with Crippen molar-refractivity contribution in [1.82, 2.24) is 4.98 Å². The van der Waals surface area contributed by atoms with Gasteiger partial charge in [0.1, 0.15) is 0 Å². The van der Waals surface area contributed by atoms with Gasteiger partial charge in [0.05, 0.1) is 17.7 Å². The number of aliphatic hydroxyl groups excluding tert-OH is 2. The summed E-state index contributed by atoms with van der Waals surface area (Å²) in [6, 6.07) is 20.0. The van der Waals surface area contributed by atoms with Crippen molar-refractivity contribution in [3.05, 3.63) is 65.7 Å². The second kappa shape index (κ2) is 10.5. The van der Waals surface area contributed by atoms with E-state index in [9.17, 15) is 0 Å². The van der Waals surface area contributed by atoms with Gasteiger partial charge < -0.3 is 10.2 Å². The summed E-state index contributed by atoms with van der Waals surface area (Å²) in [6.45, 7) is 7.49. The van der Waals surface area contributed by atoms with Gasteiger partial charge in [-0.15, -0.1) is 34.9 Å². The Balaban J connectivity index is 0.000000366. The molecular formula is C22H26IrNO2-. The van der Waals surface area contributed by atoms with Crippen LogP contribution in [0.5, 0.6) is 0 Å². The van der Waals surface area contributed by atoms with E-state index in [1.807, 2.05) is 18.2 Å². The maximum Gasteiger partial charge on any atom is 0.0595 e. The number of aromatic nitrogens is 1. The Morgan fingerprint density at radius 2 is 1.62 bits per heavy atom. The van der Waals surface area contributed by atoms with Crippen molar-refractivity contribution in [2.75, 3.05) is 0 Å². The van der Waals surface area contributed by atoms with Crippen LogP contribution < -0.4 is 0 Å². The van der Waals surface area contributed by atoms with Gasteiger partial charge in [-0.05, 0) is 37.4 Å². The maximum absolute atomic E-state index is 8.56. The molecule has 3 aromatic rings. The van der Waals surface area contributed by atoms with Crippen molar-refractivity contribution < 1.29 is 30.3 Å². The third-order valence-corrected chi connectivity index (χ3v) is 3.70. The van der Waals surface area contributed by atoms with Gasteiger partial charge in [-0.1, -0.05) is 44.2 Å². The first-order chi connectivity index (χ1) is 11.8. The summed E-state index contributed by atoms with van der Waals surface area (Å²) in [5, 5.41) is 18.3. The molecule has 1 heterocycles. The Bertz CT molecular complexity index is 805. The van der Waals surface area contributed by atoms with E-state index in [1.165, 1.54) is 10.9 Å². The molecule has 141 valence electrons. The average Bonchev–Trinajstić information content (AvgIpc) is 2.53. The second-order valence-electron chi connectivity index (χ2n) is 6.58. The molecule has 2 atom stereocenters. The van der Waals surface area contributed by atoms with Gasteiger partial charge in [-0.3, -0.25) is 4.98 Å². The zero-order valence-electron chi connectivity index (χ0n) is 15.7. The summed E-state index contributed by atoms with van der Waals surface area (Å²) in [4.78, 5) is 4.70. The van der Waals surface area contributed by atoms with Crippen LogP contribution >= 0.6 is 0 Å². The number of aliphatic hydroxyl groups is 2. The number of hydrogen-bond donors (Lipinski definition) is 2. The molecular weight excluding hydrogens is 502 g/mol. The van der Waals surface area contributed by atoms with Crippen LogP contribution in [0.4, 0.5) is 0 Å². The SMILES string of the molecule is CC(O)CC(C)O.Cc1[c-]c(-c2ccc3ccccc3n2)cc(C)c1.[Ir]. The fourth-order valence-electron chi connectivity index (χ4n) is 2.74. The molecule has 1 radical (unpaired) electrons. The molecule has 4 heteroatoms. The number of para-hydroxylation sites is 1. The summed E-state index contributed by atoms with van der Waals surface area (Å²) in [5.41, 5.74) is 5.48. The van der Waals surface area contributed by atoms with Gasteiger partial charge in [0.15, 0.2) is 0 Å². The monoisotopic (exact) mass is 529 g/mol. The number of fused-ring (bicyclic) bond motifs is 1. The zero-order chi connectivity index (χ0) is 18.4. The fourth-order valence-corrected chi connectivity index (χ4v) is 2.74. The van der Waals surface area contributed by atoms with Gasteiger partial charge in [0.2, 0.25) is 0 Å². The molecule has 2 N–H and O–H groups in total. The second-order valence-corrected chi connectivity index (χ2v) is 6.58. The number of pyridine rings is 1. The van der Waals surface area contributed by atoms with Crippen molar-refractivity contribution in [2.24, 2.45) is 0 Å². The van der Waals surface area contributed by atoms with Crippen molar-refractivity contribution in [3.63, 3.8) is 0 Å². The van der Waals surface area contributed by atoms with Gasteiger partial charge in [-0.2, -0.15) is 0 Å². The van der Waals surface area contributed by atoms with Crippen LogP contribution in [0.25, 0.3) is 22.2 Å². The minimum atomic E-state index is -0.375. The molecule has 0 saturated carbocycles. The van der Waals surface area contributed by atoms with E-state index in [0.29, 0.717) is 6.42 Å². The third kappa shape index (κ3) is 6.97. The smallest absolute Gasteiger partial charge is 0.0595 e. The van der Waals surface area contributed by atoms with Crippen molar-refractivity contribution in [3.8, 4) is 11.3 Å². The predicted octanol–water partition coefficient (Wildman–Crippen LogP) is 4.45. The van der Waals surface area contributed by atoms with E-state index < -0.39 is 0 Å². The van der Waals surface area contributed by atoms with Crippen molar-refractivity contribution >= 4 is 10.9 Å². The minimum Gasteiger partial charge on any atom is -0.393 e. The quantitative estimate of drug-likeness (QED) is 0.494. The Kier molecular flexibility index (Phi) is 9.10. The number of nitrogens with zero attached hydrogens (tertiary/aromatic N) is 1. The number of hydrogen-bond acceptors (Lipinski definition) is 3. The van der Waals surface area contributed by atoms with E-state index in [1.54, 1.807) is 13.8 Å². The van der Waals surface area contributed by atoms with Gasteiger partial charge in [0.25, 0.3) is 0 Å². The Morgan fingerprint density at radius 1 is 0.962 bits per heavy atom. The van der Waals surface area contributed by atoms with Crippen LogP contribution in [0.3, 0.4) is 0 Å². The van der Waals surface area contributed by atoms with E-state index in [0.717, 1.165) is 22.3 Å². The first-order valence-corrected chi connectivity index (χ1v) is 8.58. The summed E-state index contributed by atoms with van der Waals surface area (Å²) in [6.07, 6.45) is -0.278. The van der Waals surface area contributed by atoms with Crippen molar-refractivity contribution in [2.45, 2.75) is 46.3 Å². The average molecular weight is 529 g/mol. The first-order valence-electron chi connectivity index (χ1n) is 8.58. The topological polar surface area (TPSA) is 53.4 Å². The predicted molar refractivity (Wildman–Crippen MR) is 103 cm³/mol. The van der Waals surface area contributed by atoms with Crippen LogP contribution in [0.1, 0.15) is 31.4 Å². The molecule has 3 rings (SSSR count). The summed E-state index contributed by atoms with van der Waals surface area (Å²) < 4.78 is 0. The molecule has 0 aliphatic carbocycles. The largest absolute Gasteiger partial charge is 0.393 e. The van der Waals surface area contributed by atoms with Gasteiger partial charge in [0, 0.05) is 20.1 Å². The first kappa shape index (κ1) is 22.5. The van der Waals surface area contributed by atoms with E-state index >= 15 is 0 Å². The molecule has 1 aromatic heterocycles. The number of rotatable bonds is 3. The van der Waals surface area contributed by atoms with E-state index in [4.69, 9.17) is 15.2 Å².